The van der Waals surface area contributed by atoms with Gasteiger partial charge in [0, 0.05) is 32.7 Å². The van der Waals surface area contributed by atoms with E-state index in [1.165, 1.54) is 21.7 Å². The fourth-order valence-corrected chi connectivity index (χ4v) is 4.46. The van der Waals surface area contributed by atoms with E-state index in [2.05, 4.69) is 17.0 Å². The summed E-state index contributed by atoms with van der Waals surface area (Å²) in [5.41, 5.74) is 2.52. The molecule has 1 saturated heterocycles. The number of benzene rings is 1. The van der Waals surface area contributed by atoms with Crippen molar-refractivity contribution >= 4 is 15.9 Å². The Labute approximate surface area is 144 Å². The van der Waals surface area contributed by atoms with E-state index in [4.69, 9.17) is 0 Å². The van der Waals surface area contributed by atoms with E-state index in [1.54, 1.807) is 0 Å². The van der Waals surface area contributed by atoms with Crippen LogP contribution in [0.25, 0.3) is 0 Å². The molecule has 0 unspecified atom stereocenters. The summed E-state index contributed by atoms with van der Waals surface area (Å²) in [7, 11) is -1.20. The van der Waals surface area contributed by atoms with Crippen molar-refractivity contribution in [3.05, 3.63) is 35.4 Å². The number of fused-ring (bicyclic) bond motifs is 1. The molecule has 24 heavy (non-hydrogen) atoms. The van der Waals surface area contributed by atoms with Gasteiger partial charge in [-0.05, 0) is 31.0 Å². The first kappa shape index (κ1) is 17.4. The molecule has 0 bridgehead atoms. The minimum absolute atomic E-state index is 0.113. The molecule has 2 aliphatic rings. The Morgan fingerprint density at radius 3 is 2.50 bits per heavy atom. The largest absolute Gasteiger partial charge is 0.340 e. The number of hydrogen-bond acceptors (Lipinski definition) is 4. The van der Waals surface area contributed by atoms with Gasteiger partial charge >= 0.3 is 0 Å². The number of hydrogen-bond donors (Lipinski definition) is 0. The second kappa shape index (κ2) is 6.82. The molecule has 0 N–H and O–H groups in total. The molecule has 0 aromatic heterocycles. The minimum Gasteiger partial charge on any atom is -0.340 e. The van der Waals surface area contributed by atoms with Crippen LogP contribution in [0.2, 0.25) is 0 Å². The van der Waals surface area contributed by atoms with Gasteiger partial charge in [-0.25, -0.2) is 12.7 Å². The zero-order valence-electron chi connectivity index (χ0n) is 14.3. The van der Waals surface area contributed by atoms with Gasteiger partial charge in [0.1, 0.15) is 0 Å². The van der Waals surface area contributed by atoms with Crippen LogP contribution in [0.5, 0.6) is 0 Å². The van der Waals surface area contributed by atoms with Crippen LogP contribution in [0, 0.1) is 0 Å². The highest BCUT2D eigenvalue weighted by Crippen LogP contribution is 2.23. The Hall–Kier alpha value is -1.44. The van der Waals surface area contributed by atoms with Crippen LogP contribution in [0.4, 0.5) is 0 Å². The average Bonchev–Trinajstić information content (AvgIpc) is 2.79. The topological polar surface area (TPSA) is 60.9 Å². The Bertz CT molecular complexity index is 720. The maximum atomic E-state index is 13.0. The highest BCUT2D eigenvalue weighted by Gasteiger charge is 2.33. The molecule has 0 saturated carbocycles. The van der Waals surface area contributed by atoms with Gasteiger partial charge < -0.3 is 4.90 Å². The Morgan fingerprint density at radius 2 is 1.79 bits per heavy atom. The number of amides is 1. The molecule has 1 fully saturated rings. The lowest BCUT2D eigenvalue weighted by Gasteiger charge is -2.36. The summed E-state index contributed by atoms with van der Waals surface area (Å²) in [5.74, 6) is 0.113. The lowest BCUT2D eigenvalue weighted by molar-refractivity contribution is -0.136. The predicted octanol–water partition coefficient (Wildman–Crippen LogP) is 0.537. The van der Waals surface area contributed by atoms with E-state index in [9.17, 15) is 13.2 Å². The molecular weight excluding hydrogens is 326 g/mol. The van der Waals surface area contributed by atoms with E-state index in [1.807, 2.05) is 24.1 Å². The molecule has 132 valence electrons. The van der Waals surface area contributed by atoms with Gasteiger partial charge in [0.15, 0.2) is 0 Å². The van der Waals surface area contributed by atoms with Gasteiger partial charge in [0.25, 0.3) is 0 Å². The molecule has 6 nitrogen and oxygen atoms in total. The quantitative estimate of drug-likeness (QED) is 0.780. The molecule has 0 aliphatic carbocycles. The SMILES string of the molecule is CN1Cc2ccccc2C[C@@H]1C(=O)N1CCCN(S(C)(=O)=O)CC1. The van der Waals surface area contributed by atoms with Crippen LogP contribution >= 0.6 is 0 Å². The van der Waals surface area contributed by atoms with Gasteiger partial charge in [0.2, 0.25) is 15.9 Å². The molecule has 1 aromatic rings. The Kier molecular flexibility index (Phi) is 4.94. The van der Waals surface area contributed by atoms with E-state index in [-0.39, 0.29) is 11.9 Å². The summed E-state index contributed by atoms with van der Waals surface area (Å²) in [6.45, 7) is 2.74. The molecule has 0 spiro atoms. The Balaban J connectivity index is 1.70. The Morgan fingerprint density at radius 1 is 1.08 bits per heavy atom. The van der Waals surface area contributed by atoms with Gasteiger partial charge in [0.05, 0.1) is 12.3 Å². The van der Waals surface area contributed by atoms with Gasteiger partial charge in [-0.15, -0.1) is 0 Å². The number of carbonyl (C=O) groups excluding carboxylic acids is 1. The summed E-state index contributed by atoms with van der Waals surface area (Å²) < 4.78 is 24.9. The normalized spacial score (nSPS) is 23.6. The van der Waals surface area contributed by atoms with Crippen molar-refractivity contribution in [2.45, 2.75) is 25.4 Å². The van der Waals surface area contributed by atoms with Gasteiger partial charge in [-0.2, -0.15) is 0 Å². The number of likely N-dealkylation sites (N-methyl/N-ethyl adjacent to an activating group) is 1. The first-order valence-corrected chi connectivity index (χ1v) is 10.2. The van der Waals surface area contributed by atoms with Crippen LogP contribution < -0.4 is 0 Å². The second-order valence-corrected chi connectivity index (χ2v) is 8.73. The maximum absolute atomic E-state index is 13.0. The highest BCUT2D eigenvalue weighted by molar-refractivity contribution is 7.88. The third kappa shape index (κ3) is 3.63. The molecule has 7 heteroatoms. The molecule has 2 aliphatic heterocycles. The van der Waals surface area contributed by atoms with Crippen LogP contribution in [0.1, 0.15) is 17.5 Å². The first-order valence-electron chi connectivity index (χ1n) is 8.37. The zero-order chi connectivity index (χ0) is 17.3. The van der Waals surface area contributed by atoms with Crippen LogP contribution in [-0.4, -0.2) is 74.0 Å². The van der Waals surface area contributed by atoms with Crippen molar-refractivity contribution in [3.8, 4) is 0 Å². The van der Waals surface area contributed by atoms with Gasteiger partial charge in [-0.3, -0.25) is 9.69 Å². The number of carbonyl (C=O) groups is 1. The van der Waals surface area contributed by atoms with Crippen molar-refractivity contribution in [3.63, 3.8) is 0 Å². The van der Waals surface area contributed by atoms with Crippen molar-refractivity contribution in [2.24, 2.45) is 0 Å². The number of rotatable bonds is 2. The third-order valence-corrected chi connectivity index (χ3v) is 6.31. The minimum atomic E-state index is -3.19. The fraction of sp³-hybridized carbons (Fsp3) is 0.588. The molecule has 1 amide bonds. The van der Waals surface area contributed by atoms with Crippen LogP contribution in [0.15, 0.2) is 24.3 Å². The van der Waals surface area contributed by atoms with E-state index < -0.39 is 10.0 Å². The summed E-state index contributed by atoms with van der Waals surface area (Å²) in [6, 6.07) is 8.09. The van der Waals surface area contributed by atoms with Crippen molar-refractivity contribution in [1.29, 1.82) is 0 Å². The second-order valence-electron chi connectivity index (χ2n) is 6.74. The molecule has 0 radical (unpaired) electrons. The van der Waals surface area contributed by atoms with E-state index in [0.717, 1.165) is 13.0 Å². The first-order chi connectivity index (χ1) is 11.4. The maximum Gasteiger partial charge on any atom is 0.240 e. The lowest BCUT2D eigenvalue weighted by atomic mass is 9.93. The van der Waals surface area contributed by atoms with E-state index in [0.29, 0.717) is 32.6 Å². The predicted molar refractivity (Wildman–Crippen MR) is 93.0 cm³/mol. The monoisotopic (exact) mass is 351 g/mol. The summed E-state index contributed by atoms with van der Waals surface area (Å²) in [4.78, 5) is 16.9. The van der Waals surface area contributed by atoms with Crippen molar-refractivity contribution in [2.75, 3.05) is 39.5 Å². The van der Waals surface area contributed by atoms with Crippen molar-refractivity contribution < 1.29 is 13.2 Å². The fourth-order valence-electron chi connectivity index (χ4n) is 3.59. The average molecular weight is 351 g/mol. The molecular formula is C17H25N3O3S. The van der Waals surface area contributed by atoms with Crippen molar-refractivity contribution in [1.82, 2.24) is 14.1 Å². The molecule has 1 aromatic carbocycles. The van der Waals surface area contributed by atoms with Gasteiger partial charge in [-0.1, -0.05) is 24.3 Å². The highest BCUT2D eigenvalue weighted by atomic mass is 32.2. The van der Waals surface area contributed by atoms with Crippen LogP contribution in [-0.2, 0) is 27.8 Å². The summed E-state index contributed by atoms with van der Waals surface area (Å²) in [5, 5.41) is 0. The standard InChI is InChI=1S/C17H25N3O3S/c1-18-13-15-7-4-3-6-14(15)12-16(18)17(21)19-8-5-9-20(11-10-19)24(2,22)23/h3-4,6-7,16H,5,8-13H2,1-2H3/t16-/m1/s1. The van der Waals surface area contributed by atoms with Crippen LogP contribution in [0.3, 0.4) is 0 Å². The third-order valence-electron chi connectivity index (χ3n) is 5.00. The molecule has 1 atom stereocenters. The number of sulfonamides is 1. The molecule has 2 heterocycles. The number of nitrogens with zero attached hydrogens (tertiary/aromatic N) is 3. The molecule has 3 rings (SSSR count). The summed E-state index contributed by atoms with van der Waals surface area (Å²) in [6.07, 6.45) is 2.64. The lowest BCUT2D eigenvalue weighted by Crippen LogP contribution is -2.51. The zero-order valence-corrected chi connectivity index (χ0v) is 15.1. The smallest absolute Gasteiger partial charge is 0.240 e. The van der Waals surface area contributed by atoms with E-state index >= 15 is 0 Å². The summed E-state index contributed by atoms with van der Waals surface area (Å²) >= 11 is 0.